The average molecular weight is 402 g/mol. The molecule has 28 heavy (non-hydrogen) atoms. The highest BCUT2D eigenvalue weighted by Gasteiger charge is 2.35. The summed E-state index contributed by atoms with van der Waals surface area (Å²) in [7, 11) is -3.10. The molecule has 0 aliphatic carbocycles. The van der Waals surface area contributed by atoms with E-state index >= 15 is 0 Å². The molecule has 0 aromatic heterocycles. The summed E-state index contributed by atoms with van der Waals surface area (Å²) < 4.78 is 29.6. The minimum atomic E-state index is -3.10. The number of anilines is 1. The lowest BCUT2D eigenvalue weighted by Gasteiger charge is -2.28. The van der Waals surface area contributed by atoms with Crippen LogP contribution in [0.25, 0.3) is 0 Å². The third-order valence-electron chi connectivity index (χ3n) is 5.06. The fourth-order valence-electron chi connectivity index (χ4n) is 3.41. The molecule has 0 N–H and O–H groups in total. The SMILES string of the molecule is Cc1ccc(N(C(=O)COc2ccc(C(C)C)cc2)[C@H]2CCS(=O)(=O)C2)cc1. The number of amides is 1. The minimum absolute atomic E-state index is 0.00426. The van der Waals surface area contributed by atoms with Gasteiger partial charge in [0.2, 0.25) is 0 Å². The number of hydrogen-bond donors (Lipinski definition) is 0. The zero-order valence-corrected chi connectivity index (χ0v) is 17.4. The highest BCUT2D eigenvalue weighted by molar-refractivity contribution is 7.91. The largest absolute Gasteiger partial charge is 0.484 e. The number of benzene rings is 2. The summed E-state index contributed by atoms with van der Waals surface area (Å²) in [5, 5.41) is 0. The summed E-state index contributed by atoms with van der Waals surface area (Å²) in [6.45, 7) is 6.08. The molecular formula is C22H27NO4S. The molecule has 0 saturated carbocycles. The van der Waals surface area contributed by atoms with E-state index in [9.17, 15) is 13.2 Å². The Morgan fingerprint density at radius 2 is 1.75 bits per heavy atom. The molecule has 1 amide bonds. The number of nitrogens with zero attached hydrogens (tertiary/aromatic N) is 1. The molecule has 0 bridgehead atoms. The third-order valence-corrected chi connectivity index (χ3v) is 6.81. The van der Waals surface area contributed by atoms with Crippen molar-refractivity contribution in [3.05, 3.63) is 59.7 Å². The first-order valence-corrected chi connectivity index (χ1v) is 11.4. The van der Waals surface area contributed by atoms with Crippen molar-refractivity contribution in [3.63, 3.8) is 0 Å². The Morgan fingerprint density at radius 1 is 1.11 bits per heavy atom. The molecule has 0 spiro atoms. The molecule has 150 valence electrons. The van der Waals surface area contributed by atoms with Crippen LogP contribution in [-0.4, -0.2) is 38.5 Å². The van der Waals surface area contributed by atoms with Crippen molar-refractivity contribution in [1.29, 1.82) is 0 Å². The standard InChI is InChI=1S/C22H27NO4S/c1-16(2)18-6-10-21(11-7-18)27-14-22(24)23(19-8-4-17(3)5-9-19)20-12-13-28(25,26)15-20/h4-11,16,20H,12-15H2,1-3H3/t20-/m0/s1. The lowest BCUT2D eigenvalue weighted by Crippen LogP contribution is -2.43. The molecule has 1 atom stereocenters. The summed E-state index contributed by atoms with van der Waals surface area (Å²) in [5.74, 6) is 0.928. The van der Waals surface area contributed by atoms with Crippen molar-refractivity contribution in [2.45, 2.75) is 39.2 Å². The highest BCUT2D eigenvalue weighted by Crippen LogP contribution is 2.26. The van der Waals surface area contributed by atoms with E-state index in [2.05, 4.69) is 13.8 Å². The molecule has 1 aliphatic heterocycles. The van der Waals surface area contributed by atoms with Crippen molar-refractivity contribution in [2.75, 3.05) is 23.0 Å². The van der Waals surface area contributed by atoms with Crippen molar-refractivity contribution < 1.29 is 17.9 Å². The molecule has 1 saturated heterocycles. The molecule has 1 fully saturated rings. The second kappa shape index (κ2) is 8.35. The third kappa shape index (κ3) is 4.93. The van der Waals surface area contributed by atoms with Gasteiger partial charge in [-0.05, 0) is 49.1 Å². The monoisotopic (exact) mass is 401 g/mol. The second-order valence-electron chi connectivity index (χ2n) is 7.67. The normalized spacial score (nSPS) is 18.2. The molecule has 0 radical (unpaired) electrons. The summed E-state index contributed by atoms with van der Waals surface area (Å²) in [4.78, 5) is 14.6. The number of carbonyl (C=O) groups is 1. The van der Waals surface area contributed by atoms with Crippen LogP contribution in [0.1, 0.15) is 37.3 Å². The molecule has 1 aliphatic rings. The molecule has 0 unspecified atom stereocenters. The van der Waals surface area contributed by atoms with Crippen LogP contribution >= 0.6 is 0 Å². The zero-order chi connectivity index (χ0) is 20.3. The Balaban J connectivity index is 1.75. The van der Waals surface area contributed by atoms with E-state index in [0.717, 1.165) is 5.56 Å². The maximum absolute atomic E-state index is 13.0. The van der Waals surface area contributed by atoms with Gasteiger partial charge in [-0.25, -0.2) is 8.42 Å². The molecule has 6 heteroatoms. The maximum Gasteiger partial charge on any atom is 0.265 e. The van der Waals surface area contributed by atoms with Gasteiger partial charge < -0.3 is 9.64 Å². The number of ether oxygens (including phenoxy) is 1. The van der Waals surface area contributed by atoms with E-state index in [4.69, 9.17) is 4.74 Å². The van der Waals surface area contributed by atoms with Crippen LogP contribution in [0.15, 0.2) is 48.5 Å². The van der Waals surface area contributed by atoms with Gasteiger partial charge >= 0.3 is 0 Å². The molecule has 2 aromatic carbocycles. The number of aryl methyl sites for hydroxylation is 1. The molecule has 2 aromatic rings. The van der Waals surface area contributed by atoms with E-state index in [1.54, 1.807) is 4.90 Å². The Hall–Kier alpha value is -2.34. The fraction of sp³-hybridized carbons (Fsp3) is 0.409. The van der Waals surface area contributed by atoms with Crippen molar-refractivity contribution in [3.8, 4) is 5.75 Å². The maximum atomic E-state index is 13.0. The highest BCUT2D eigenvalue weighted by atomic mass is 32.2. The lowest BCUT2D eigenvalue weighted by molar-refractivity contribution is -0.121. The van der Waals surface area contributed by atoms with Gasteiger partial charge in [0, 0.05) is 5.69 Å². The molecule has 1 heterocycles. The van der Waals surface area contributed by atoms with Gasteiger partial charge in [0.1, 0.15) is 5.75 Å². The van der Waals surface area contributed by atoms with Gasteiger partial charge in [0.25, 0.3) is 5.91 Å². The summed E-state index contributed by atoms with van der Waals surface area (Å²) in [6.07, 6.45) is 0.449. The van der Waals surface area contributed by atoms with Crippen LogP contribution in [0.4, 0.5) is 5.69 Å². The van der Waals surface area contributed by atoms with Gasteiger partial charge in [-0.15, -0.1) is 0 Å². The summed E-state index contributed by atoms with van der Waals surface area (Å²) in [6, 6.07) is 14.9. The Bertz CT molecular complexity index is 918. The van der Waals surface area contributed by atoms with Crippen molar-refractivity contribution in [2.24, 2.45) is 0 Å². The number of rotatable bonds is 6. The predicted molar refractivity (Wildman–Crippen MR) is 112 cm³/mol. The fourth-order valence-corrected chi connectivity index (χ4v) is 5.11. The Labute approximate surface area is 167 Å². The van der Waals surface area contributed by atoms with E-state index < -0.39 is 9.84 Å². The van der Waals surface area contributed by atoms with Gasteiger partial charge in [0.05, 0.1) is 17.5 Å². The van der Waals surface area contributed by atoms with Crippen molar-refractivity contribution in [1.82, 2.24) is 0 Å². The summed E-state index contributed by atoms with van der Waals surface area (Å²) >= 11 is 0. The van der Waals surface area contributed by atoms with Crippen LogP contribution in [0.5, 0.6) is 5.75 Å². The summed E-state index contributed by atoms with van der Waals surface area (Å²) in [5.41, 5.74) is 2.99. The zero-order valence-electron chi connectivity index (χ0n) is 16.6. The van der Waals surface area contributed by atoms with Crippen LogP contribution in [0.2, 0.25) is 0 Å². The van der Waals surface area contributed by atoms with Gasteiger partial charge in [0.15, 0.2) is 16.4 Å². The van der Waals surface area contributed by atoms with E-state index in [1.807, 2.05) is 55.5 Å². The van der Waals surface area contributed by atoms with Crippen LogP contribution < -0.4 is 9.64 Å². The van der Waals surface area contributed by atoms with Gasteiger partial charge in [-0.3, -0.25) is 4.79 Å². The van der Waals surface area contributed by atoms with Gasteiger partial charge in [-0.2, -0.15) is 0 Å². The van der Waals surface area contributed by atoms with Crippen LogP contribution in [0.3, 0.4) is 0 Å². The number of sulfone groups is 1. The van der Waals surface area contributed by atoms with Gasteiger partial charge in [-0.1, -0.05) is 43.7 Å². The topological polar surface area (TPSA) is 63.7 Å². The molecule has 3 rings (SSSR count). The van der Waals surface area contributed by atoms with Crippen LogP contribution in [-0.2, 0) is 14.6 Å². The minimum Gasteiger partial charge on any atom is -0.484 e. The first kappa shape index (κ1) is 20.4. The number of hydrogen-bond acceptors (Lipinski definition) is 4. The van der Waals surface area contributed by atoms with Crippen molar-refractivity contribution >= 4 is 21.4 Å². The number of carbonyl (C=O) groups excluding carboxylic acids is 1. The Morgan fingerprint density at radius 3 is 2.29 bits per heavy atom. The molecular weight excluding hydrogens is 374 g/mol. The van der Waals surface area contributed by atoms with E-state index in [1.165, 1.54) is 5.56 Å². The predicted octanol–water partition coefficient (Wildman–Crippen LogP) is 3.72. The Kier molecular flexibility index (Phi) is 6.08. The van der Waals surface area contributed by atoms with Crippen LogP contribution in [0, 0.1) is 6.92 Å². The average Bonchev–Trinajstić information content (AvgIpc) is 3.01. The smallest absolute Gasteiger partial charge is 0.265 e. The van der Waals surface area contributed by atoms with E-state index in [0.29, 0.717) is 23.8 Å². The first-order valence-electron chi connectivity index (χ1n) is 9.57. The second-order valence-corrected chi connectivity index (χ2v) is 9.90. The lowest BCUT2D eigenvalue weighted by atomic mass is 10.0. The van der Waals surface area contributed by atoms with E-state index in [-0.39, 0.29) is 30.1 Å². The molecule has 5 nitrogen and oxygen atoms in total. The quantitative estimate of drug-likeness (QED) is 0.740. The first-order chi connectivity index (χ1) is 13.2.